The predicted octanol–water partition coefficient (Wildman–Crippen LogP) is 1.76. The van der Waals surface area contributed by atoms with E-state index in [-0.39, 0.29) is 17.9 Å². The van der Waals surface area contributed by atoms with Crippen LogP contribution in [0.4, 0.5) is 11.4 Å². The molecule has 3 aliphatic heterocycles. The number of piperidine rings is 2. The highest BCUT2D eigenvalue weighted by Gasteiger charge is 2.39. The Balaban J connectivity index is 1.58. The quantitative estimate of drug-likeness (QED) is 0.810. The van der Waals surface area contributed by atoms with Crippen LogP contribution in [0.25, 0.3) is 0 Å². The van der Waals surface area contributed by atoms with Crippen LogP contribution in [0.2, 0.25) is 0 Å². The molecule has 0 aliphatic carbocycles. The summed E-state index contributed by atoms with van der Waals surface area (Å²) in [6, 6.07) is 6.13. The van der Waals surface area contributed by atoms with E-state index in [0.717, 1.165) is 42.6 Å². The van der Waals surface area contributed by atoms with E-state index >= 15 is 0 Å². The number of rotatable bonds is 3. The molecule has 0 radical (unpaired) electrons. The lowest BCUT2D eigenvalue weighted by Crippen LogP contribution is -2.52. The van der Waals surface area contributed by atoms with Gasteiger partial charge in [0.25, 0.3) is 0 Å². The zero-order chi connectivity index (χ0) is 18.3. The van der Waals surface area contributed by atoms with Gasteiger partial charge in [-0.3, -0.25) is 14.9 Å². The molecule has 4 rings (SSSR count). The van der Waals surface area contributed by atoms with Crippen LogP contribution < -0.4 is 20.4 Å². The highest BCUT2D eigenvalue weighted by molar-refractivity contribution is 6.03. The van der Waals surface area contributed by atoms with Gasteiger partial charge in [0.05, 0.1) is 11.4 Å². The number of amides is 2. The molecule has 0 aromatic heterocycles. The maximum absolute atomic E-state index is 12.3. The fraction of sp³-hybridized carbons (Fsp3) is 0.500. The summed E-state index contributed by atoms with van der Waals surface area (Å²) >= 11 is 0. The first kappa shape index (κ1) is 17.1. The van der Waals surface area contributed by atoms with Crippen molar-refractivity contribution in [2.75, 3.05) is 29.9 Å². The average Bonchev–Trinajstić information content (AvgIpc) is 2.87. The van der Waals surface area contributed by atoms with Crippen LogP contribution in [-0.4, -0.2) is 38.0 Å². The molecule has 0 bridgehead atoms. The van der Waals surface area contributed by atoms with Gasteiger partial charge in [-0.15, -0.1) is 0 Å². The Hall–Kier alpha value is -2.34. The Morgan fingerprint density at radius 1 is 1.15 bits per heavy atom. The van der Waals surface area contributed by atoms with Gasteiger partial charge in [-0.25, -0.2) is 0 Å². The standard InChI is InChI=1S/C20H26N4O2/c1-13-23(2)18-12-15(11-14-7-9-21-10-8-14)3-4-16(18)24(13)17-5-6-19(25)22-20(17)26/h3-4,12,14,17,21H,1,5-11H2,2H3,(H,22,25,26). The van der Waals surface area contributed by atoms with E-state index in [1.165, 1.54) is 18.4 Å². The third kappa shape index (κ3) is 2.98. The fourth-order valence-electron chi connectivity index (χ4n) is 4.30. The summed E-state index contributed by atoms with van der Waals surface area (Å²) in [7, 11) is 1.99. The van der Waals surface area contributed by atoms with Crippen molar-refractivity contribution in [2.45, 2.75) is 38.1 Å². The number of anilines is 2. The molecule has 2 saturated heterocycles. The maximum atomic E-state index is 12.3. The number of benzene rings is 1. The summed E-state index contributed by atoms with van der Waals surface area (Å²) in [5.74, 6) is 1.09. The number of hydrogen-bond acceptors (Lipinski definition) is 5. The Labute approximate surface area is 154 Å². The summed E-state index contributed by atoms with van der Waals surface area (Å²) in [5, 5.41) is 5.87. The van der Waals surface area contributed by atoms with Gasteiger partial charge >= 0.3 is 0 Å². The van der Waals surface area contributed by atoms with E-state index in [1.54, 1.807) is 0 Å². The van der Waals surface area contributed by atoms with Gasteiger partial charge in [0.2, 0.25) is 11.8 Å². The lowest BCUT2D eigenvalue weighted by atomic mass is 9.90. The zero-order valence-corrected chi connectivity index (χ0v) is 15.3. The highest BCUT2D eigenvalue weighted by Crippen LogP contribution is 2.43. The van der Waals surface area contributed by atoms with Crippen LogP contribution in [0.5, 0.6) is 0 Å². The van der Waals surface area contributed by atoms with Gasteiger partial charge < -0.3 is 15.1 Å². The second-order valence-corrected chi connectivity index (χ2v) is 7.53. The van der Waals surface area contributed by atoms with Crippen LogP contribution in [-0.2, 0) is 16.0 Å². The molecule has 0 saturated carbocycles. The Kier molecular flexibility index (Phi) is 4.44. The number of nitrogens with zero attached hydrogens (tertiary/aromatic N) is 2. The lowest BCUT2D eigenvalue weighted by molar-refractivity contribution is -0.134. The van der Waals surface area contributed by atoms with E-state index in [9.17, 15) is 9.59 Å². The first-order chi connectivity index (χ1) is 12.5. The predicted molar refractivity (Wildman–Crippen MR) is 102 cm³/mol. The monoisotopic (exact) mass is 354 g/mol. The van der Waals surface area contributed by atoms with Gasteiger partial charge in [0.15, 0.2) is 0 Å². The molecule has 6 heteroatoms. The zero-order valence-electron chi connectivity index (χ0n) is 15.3. The van der Waals surface area contributed by atoms with Crippen molar-refractivity contribution in [2.24, 2.45) is 5.92 Å². The van der Waals surface area contributed by atoms with Crippen LogP contribution in [0.15, 0.2) is 30.6 Å². The van der Waals surface area contributed by atoms with Gasteiger partial charge in [-0.05, 0) is 62.4 Å². The highest BCUT2D eigenvalue weighted by atomic mass is 16.2. The van der Waals surface area contributed by atoms with Gasteiger partial charge in [0.1, 0.15) is 11.9 Å². The van der Waals surface area contributed by atoms with Crippen molar-refractivity contribution < 1.29 is 9.59 Å². The minimum absolute atomic E-state index is 0.193. The normalized spacial score (nSPS) is 24.0. The van der Waals surface area contributed by atoms with E-state index in [2.05, 4.69) is 35.4 Å². The number of imide groups is 1. The largest absolute Gasteiger partial charge is 0.330 e. The smallest absolute Gasteiger partial charge is 0.249 e. The topological polar surface area (TPSA) is 64.7 Å². The molecule has 138 valence electrons. The summed E-state index contributed by atoms with van der Waals surface area (Å²) in [4.78, 5) is 27.8. The van der Waals surface area contributed by atoms with E-state index in [4.69, 9.17) is 0 Å². The summed E-state index contributed by atoms with van der Waals surface area (Å²) in [6.45, 7) is 6.40. The Morgan fingerprint density at radius 3 is 2.65 bits per heavy atom. The summed E-state index contributed by atoms with van der Waals surface area (Å²) in [5.41, 5.74) is 3.42. The van der Waals surface area contributed by atoms with Gasteiger partial charge in [-0.2, -0.15) is 0 Å². The van der Waals surface area contributed by atoms with Crippen molar-refractivity contribution in [1.82, 2.24) is 10.6 Å². The molecule has 26 heavy (non-hydrogen) atoms. The molecule has 0 spiro atoms. The summed E-state index contributed by atoms with van der Waals surface area (Å²) in [6.07, 6.45) is 4.43. The van der Waals surface area contributed by atoms with Crippen molar-refractivity contribution in [3.8, 4) is 0 Å². The maximum Gasteiger partial charge on any atom is 0.249 e. The molecule has 3 aliphatic rings. The number of carbonyl (C=O) groups is 2. The molecule has 2 N–H and O–H groups in total. The van der Waals surface area contributed by atoms with Crippen molar-refractivity contribution in [3.63, 3.8) is 0 Å². The van der Waals surface area contributed by atoms with Crippen molar-refractivity contribution >= 4 is 23.2 Å². The number of hydrogen-bond donors (Lipinski definition) is 2. The third-order valence-electron chi connectivity index (χ3n) is 5.83. The molecular formula is C20H26N4O2. The average molecular weight is 354 g/mol. The van der Waals surface area contributed by atoms with Crippen molar-refractivity contribution in [3.05, 3.63) is 36.2 Å². The molecule has 1 atom stereocenters. The lowest BCUT2D eigenvalue weighted by Gasteiger charge is -2.32. The third-order valence-corrected chi connectivity index (χ3v) is 5.83. The van der Waals surface area contributed by atoms with E-state index < -0.39 is 0 Å². The van der Waals surface area contributed by atoms with Crippen LogP contribution in [0.3, 0.4) is 0 Å². The molecule has 1 unspecified atom stereocenters. The molecule has 2 fully saturated rings. The fourth-order valence-corrected chi connectivity index (χ4v) is 4.30. The Bertz CT molecular complexity index is 754. The molecular weight excluding hydrogens is 328 g/mol. The van der Waals surface area contributed by atoms with E-state index in [1.807, 2.05) is 16.8 Å². The van der Waals surface area contributed by atoms with Crippen LogP contribution in [0, 0.1) is 5.92 Å². The molecule has 2 amide bonds. The summed E-state index contributed by atoms with van der Waals surface area (Å²) < 4.78 is 0. The van der Waals surface area contributed by atoms with Crippen LogP contribution >= 0.6 is 0 Å². The van der Waals surface area contributed by atoms with E-state index in [0.29, 0.717) is 12.8 Å². The van der Waals surface area contributed by atoms with Crippen LogP contribution in [0.1, 0.15) is 31.2 Å². The van der Waals surface area contributed by atoms with Crippen molar-refractivity contribution in [1.29, 1.82) is 0 Å². The number of carbonyl (C=O) groups excluding carboxylic acids is 2. The molecule has 1 aromatic rings. The number of fused-ring (bicyclic) bond motifs is 1. The second kappa shape index (κ2) is 6.76. The van der Waals surface area contributed by atoms with Gasteiger partial charge in [-0.1, -0.05) is 12.6 Å². The Morgan fingerprint density at radius 2 is 1.92 bits per heavy atom. The first-order valence-electron chi connectivity index (χ1n) is 9.44. The number of nitrogens with one attached hydrogen (secondary N) is 2. The molecule has 3 heterocycles. The second-order valence-electron chi connectivity index (χ2n) is 7.53. The van der Waals surface area contributed by atoms with Gasteiger partial charge in [0, 0.05) is 13.5 Å². The molecule has 1 aromatic carbocycles. The molecule has 6 nitrogen and oxygen atoms in total. The SMILES string of the molecule is C=C1N(C)c2cc(CC3CCNCC3)ccc2N1C1CCC(=O)NC1=O. The first-order valence-corrected chi connectivity index (χ1v) is 9.44. The minimum Gasteiger partial charge on any atom is -0.330 e. The minimum atomic E-state index is -0.376.